The van der Waals surface area contributed by atoms with E-state index >= 15 is 0 Å². The zero-order valence-electron chi connectivity index (χ0n) is 10.5. The number of hydrogen-bond donors (Lipinski definition) is 0. The SMILES string of the molecule is C1CC[C](C23CC4CC(CC(C4)C2)C3)CC1. The predicted octanol–water partition coefficient (Wildman–Crippen LogP) is 4.74. The Morgan fingerprint density at radius 1 is 0.688 bits per heavy atom. The van der Waals surface area contributed by atoms with Crippen LogP contribution in [0.1, 0.15) is 70.6 Å². The molecule has 0 heteroatoms. The third-order valence-corrected chi connectivity index (χ3v) is 6.25. The molecule has 0 nitrogen and oxygen atoms in total. The topological polar surface area (TPSA) is 0 Å². The molecule has 0 aromatic rings. The van der Waals surface area contributed by atoms with Gasteiger partial charge in [0.15, 0.2) is 0 Å². The fraction of sp³-hybridized carbons (Fsp3) is 0.938. The van der Waals surface area contributed by atoms with E-state index in [-0.39, 0.29) is 0 Å². The Labute approximate surface area is 100 Å². The third-order valence-electron chi connectivity index (χ3n) is 6.25. The van der Waals surface area contributed by atoms with E-state index < -0.39 is 0 Å². The highest BCUT2D eigenvalue weighted by Gasteiger charge is 2.53. The summed E-state index contributed by atoms with van der Waals surface area (Å²) in [6.07, 6.45) is 17.2. The molecule has 1 radical (unpaired) electrons. The van der Waals surface area contributed by atoms with Crippen molar-refractivity contribution < 1.29 is 0 Å². The lowest BCUT2D eigenvalue weighted by Gasteiger charge is -2.60. The van der Waals surface area contributed by atoms with Crippen molar-refractivity contribution in [2.45, 2.75) is 70.6 Å². The summed E-state index contributed by atoms with van der Waals surface area (Å²) in [5.41, 5.74) is 0.787. The van der Waals surface area contributed by atoms with Crippen LogP contribution in [-0.4, -0.2) is 0 Å². The molecule has 0 saturated heterocycles. The molecular weight excluding hydrogens is 192 g/mol. The van der Waals surface area contributed by atoms with Crippen molar-refractivity contribution >= 4 is 0 Å². The van der Waals surface area contributed by atoms with Gasteiger partial charge in [0.05, 0.1) is 0 Å². The van der Waals surface area contributed by atoms with Gasteiger partial charge in [0.25, 0.3) is 0 Å². The van der Waals surface area contributed by atoms with Crippen molar-refractivity contribution in [3.8, 4) is 0 Å². The van der Waals surface area contributed by atoms with Crippen LogP contribution in [0, 0.1) is 29.1 Å². The Hall–Kier alpha value is 0. The summed E-state index contributed by atoms with van der Waals surface area (Å²) >= 11 is 0. The van der Waals surface area contributed by atoms with Crippen molar-refractivity contribution in [3.63, 3.8) is 0 Å². The lowest BCUT2D eigenvalue weighted by molar-refractivity contribution is -0.0496. The van der Waals surface area contributed by atoms with E-state index in [1.54, 1.807) is 38.5 Å². The molecule has 89 valence electrons. The van der Waals surface area contributed by atoms with Crippen molar-refractivity contribution in [1.29, 1.82) is 0 Å². The van der Waals surface area contributed by atoms with Crippen LogP contribution < -0.4 is 0 Å². The average Bonchev–Trinajstić information content (AvgIpc) is 2.28. The van der Waals surface area contributed by atoms with Gasteiger partial charge in [-0.05, 0) is 80.5 Å². The molecule has 0 N–H and O–H groups in total. The molecule has 0 unspecified atom stereocenters. The Morgan fingerprint density at radius 3 is 1.69 bits per heavy atom. The molecule has 0 heterocycles. The second-order valence-corrected chi connectivity index (χ2v) is 7.36. The van der Waals surface area contributed by atoms with Gasteiger partial charge < -0.3 is 0 Å². The summed E-state index contributed by atoms with van der Waals surface area (Å²) < 4.78 is 0. The fourth-order valence-electron chi connectivity index (χ4n) is 6.05. The van der Waals surface area contributed by atoms with Crippen LogP contribution in [0.5, 0.6) is 0 Å². The molecule has 5 aliphatic rings. The molecule has 16 heavy (non-hydrogen) atoms. The first-order valence-corrected chi connectivity index (χ1v) is 7.69. The summed E-state index contributed by atoms with van der Waals surface area (Å²) in [6, 6.07) is 0. The lowest BCUT2D eigenvalue weighted by Crippen LogP contribution is -2.49. The maximum Gasteiger partial charge on any atom is -0.0179 e. The summed E-state index contributed by atoms with van der Waals surface area (Å²) in [4.78, 5) is 0. The normalized spacial score (nSPS) is 52.1. The van der Waals surface area contributed by atoms with Crippen molar-refractivity contribution in [3.05, 3.63) is 5.92 Å². The monoisotopic (exact) mass is 217 g/mol. The van der Waals surface area contributed by atoms with E-state index in [0.717, 1.165) is 23.2 Å². The van der Waals surface area contributed by atoms with E-state index in [9.17, 15) is 0 Å². The third kappa shape index (κ3) is 1.41. The van der Waals surface area contributed by atoms with Gasteiger partial charge in [0.2, 0.25) is 0 Å². The van der Waals surface area contributed by atoms with Gasteiger partial charge in [0.1, 0.15) is 0 Å². The van der Waals surface area contributed by atoms with Gasteiger partial charge in [-0.1, -0.05) is 19.3 Å². The molecule has 5 rings (SSSR count). The van der Waals surface area contributed by atoms with Crippen LogP contribution in [0.4, 0.5) is 0 Å². The maximum absolute atomic E-state index is 2.04. The van der Waals surface area contributed by atoms with Crippen LogP contribution in [0.15, 0.2) is 0 Å². The van der Waals surface area contributed by atoms with Crippen LogP contribution in [0.25, 0.3) is 0 Å². The quantitative estimate of drug-likeness (QED) is 0.595. The van der Waals surface area contributed by atoms with E-state index in [0.29, 0.717) is 0 Å². The Balaban J connectivity index is 1.60. The molecule has 5 aliphatic carbocycles. The standard InChI is InChI=1S/C16H25/c1-2-4-15(5-3-1)16-9-12-6-13(10-16)8-14(7-12)11-16/h12-14H,1-11H2. The molecule has 4 bridgehead atoms. The Morgan fingerprint density at radius 2 is 1.19 bits per heavy atom. The van der Waals surface area contributed by atoms with Crippen LogP contribution in [0.2, 0.25) is 0 Å². The van der Waals surface area contributed by atoms with Gasteiger partial charge >= 0.3 is 0 Å². The largest absolute Gasteiger partial charge is 0.0533 e. The highest BCUT2D eigenvalue weighted by atomic mass is 14.6. The van der Waals surface area contributed by atoms with Gasteiger partial charge in [-0.15, -0.1) is 0 Å². The van der Waals surface area contributed by atoms with Crippen molar-refractivity contribution in [2.75, 3.05) is 0 Å². The van der Waals surface area contributed by atoms with Crippen molar-refractivity contribution in [1.82, 2.24) is 0 Å². The van der Waals surface area contributed by atoms with Crippen LogP contribution in [-0.2, 0) is 0 Å². The highest BCUT2D eigenvalue weighted by molar-refractivity contribution is 5.15. The van der Waals surface area contributed by atoms with E-state index in [1.807, 2.05) is 5.92 Å². The predicted molar refractivity (Wildman–Crippen MR) is 66.9 cm³/mol. The Kier molecular flexibility index (Phi) is 2.18. The fourth-order valence-corrected chi connectivity index (χ4v) is 6.05. The molecule has 0 spiro atoms. The summed E-state index contributed by atoms with van der Waals surface area (Å²) in [7, 11) is 0. The molecule has 0 amide bonds. The second kappa shape index (κ2) is 3.50. The minimum Gasteiger partial charge on any atom is -0.0533 e. The van der Waals surface area contributed by atoms with Crippen LogP contribution in [0.3, 0.4) is 0 Å². The van der Waals surface area contributed by atoms with Gasteiger partial charge in [-0.3, -0.25) is 0 Å². The smallest absolute Gasteiger partial charge is 0.0179 e. The zero-order chi connectivity index (χ0) is 10.6. The molecule has 0 aliphatic heterocycles. The average molecular weight is 217 g/mol. The summed E-state index contributed by atoms with van der Waals surface area (Å²) in [6.45, 7) is 0. The van der Waals surface area contributed by atoms with E-state index in [4.69, 9.17) is 0 Å². The van der Waals surface area contributed by atoms with Crippen LogP contribution >= 0.6 is 0 Å². The first kappa shape index (κ1) is 9.97. The van der Waals surface area contributed by atoms with Gasteiger partial charge in [0, 0.05) is 0 Å². The molecule has 5 fully saturated rings. The molecule has 0 aromatic carbocycles. The molecule has 0 atom stereocenters. The number of rotatable bonds is 1. The minimum absolute atomic E-state index is 0.787. The van der Waals surface area contributed by atoms with E-state index in [2.05, 4.69) is 0 Å². The summed E-state index contributed by atoms with van der Waals surface area (Å²) in [5, 5.41) is 0. The molecule has 5 saturated carbocycles. The first-order chi connectivity index (χ1) is 7.84. The maximum atomic E-state index is 2.04. The minimum atomic E-state index is 0.787. The summed E-state index contributed by atoms with van der Waals surface area (Å²) in [5.74, 6) is 5.46. The lowest BCUT2D eigenvalue weighted by atomic mass is 9.45. The van der Waals surface area contributed by atoms with Gasteiger partial charge in [-0.2, -0.15) is 0 Å². The van der Waals surface area contributed by atoms with Crippen molar-refractivity contribution in [2.24, 2.45) is 23.2 Å². The number of hydrogen-bond acceptors (Lipinski definition) is 0. The Bertz CT molecular complexity index is 236. The van der Waals surface area contributed by atoms with E-state index in [1.165, 1.54) is 32.1 Å². The molecule has 0 aromatic heterocycles. The zero-order valence-corrected chi connectivity index (χ0v) is 10.5. The molecular formula is C16H25. The second-order valence-electron chi connectivity index (χ2n) is 7.36. The first-order valence-electron chi connectivity index (χ1n) is 7.69. The van der Waals surface area contributed by atoms with Gasteiger partial charge in [-0.25, -0.2) is 0 Å². The highest BCUT2D eigenvalue weighted by Crippen LogP contribution is 2.65.